The number of benzene rings is 2. The van der Waals surface area contributed by atoms with E-state index in [4.69, 9.17) is 5.73 Å². The summed E-state index contributed by atoms with van der Waals surface area (Å²) in [6.45, 7) is 3.79. The van der Waals surface area contributed by atoms with Gasteiger partial charge in [-0.3, -0.25) is 4.79 Å². The van der Waals surface area contributed by atoms with Crippen molar-refractivity contribution < 1.29 is 4.79 Å². The van der Waals surface area contributed by atoms with Gasteiger partial charge in [0.15, 0.2) is 0 Å². The summed E-state index contributed by atoms with van der Waals surface area (Å²) < 4.78 is 0. The zero-order chi connectivity index (χ0) is 18.1. The number of amidine groups is 1. The first-order chi connectivity index (χ1) is 12.6. The molecule has 2 N–H and O–H groups in total. The van der Waals surface area contributed by atoms with E-state index in [-0.39, 0.29) is 11.8 Å². The van der Waals surface area contributed by atoms with Gasteiger partial charge in [0.1, 0.15) is 5.84 Å². The summed E-state index contributed by atoms with van der Waals surface area (Å²) in [4.78, 5) is 18.9. The molecule has 1 saturated heterocycles. The second kappa shape index (κ2) is 6.79. The first-order valence-electron chi connectivity index (χ1n) is 9.18. The van der Waals surface area contributed by atoms with Gasteiger partial charge in [-0.15, -0.1) is 0 Å². The highest BCUT2D eigenvalue weighted by Gasteiger charge is 2.19. The fourth-order valence-corrected chi connectivity index (χ4v) is 3.46. The van der Waals surface area contributed by atoms with Crippen molar-refractivity contribution in [3.05, 3.63) is 59.7 Å². The normalized spacial score (nSPS) is 19.0. The highest BCUT2D eigenvalue weighted by molar-refractivity contribution is 5.95. The summed E-state index contributed by atoms with van der Waals surface area (Å²) in [5, 5.41) is 0. The van der Waals surface area contributed by atoms with Crippen LogP contribution in [0.15, 0.2) is 53.5 Å². The van der Waals surface area contributed by atoms with Crippen LogP contribution in [0.25, 0.3) is 17.2 Å². The Balaban J connectivity index is 1.61. The van der Waals surface area contributed by atoms with E-state index in [0.717, 1.165) is 53.9 Å². The molecule has 132 valence electrons. The Hall–Kier alpha value is -2.88. The Bertz CT molecular complexity index is 890. The quantitative estimate of drug-likeness (QED) is 0.885. The number of carbonyl (C=O) groups is 1. The van der Waals surface area contributed by atoms with Crippen molar-refractivity contribution in [1.29, 1.82) is 0 Å². The van der Waals surface area contributed by atoms with Gasteiger partial charge in [-0.05, 0) is 48.2 Å². The lowest BCUT2D eigenvalue weighted by molar-refractivity contribution is 0.0793. The van der Waals surface area contributed by atoms with Crippen molar-refractivity contribution in [1.82, 2.24) is 4.90 Å². The van der Waals surface area contributed by atoms with Crippen LogP contribution in [-0.4, -0.2) is 29.7 Å². The van der Waals surface area contributed by atoms with Gasteiger partial charge in [0, 0.05) is 30.1 Å². The minimum Gasteiger partial charge on any atom is -0.387 e. The van der Waals surface area contributed by atoms with E-state index in [1.54, 1.807) is 0 Å². The van der Waals surface area contributed by atoms with Gasteiger partial charge in [0.2, 0.25) is 0 Å². The maximum Gasteiger partial charge on any atom is 0.253 e. The molecule has 0 aromatic heterocycles. The molecular weight excluding hydrogens is 322 g/mol. The molecular formula is C22H23N3O. The summed E-state index contributed by atoms with van der Waals surface area (Å²) >= 11 is 0. The predicted molar refractivity (Wildman–Crippen MR) is 106 cm³/mol. The van der Waals surface area contributed by atoms with E-state index in [9.17, 15) is 4.79 Å². The molecule has 1 fully saturated rings. The SMILES string of the molecule is CC1C=Cc2cc(-c3ccc(C(=O)N4CCCC4)cc3)ccc2N=C1N. The molecule has 1 amide bonds. The number of fused-ring (bicyclic) bond motifs is 1. The molecule has 26 heavy (non-hydrogen) atoms. The third-order valence-electron chi connectivity index (χ3n) is 5.17. The molecule has 4 heteroatoms. The third kappa shape index (κ3) is 3.15. The molecule has 2 aliphatic rings. The van der Waals surface area contributed by atoms with E-state index >= 15 is 0 Å². The molecule has 1 atom stereocenters. The van der Waals surface area contributed by atoms with E-state index < -0.39 is 0 Å². The van der Waals surface area contributed by atoms with E-state index in [1.165, 1.54) is 0 Å². The Morgan fingerprint density at radius 3 is 2.50 bits per heavy atom. The second-order valence-electron chi connectivity index (χ2n) is 7.03. The van der Waals surface area contributed by atoms with Crippen LogP contribution in [-0.2, 0) is 0 Å². The van der Waals surface area contributed by atoms with Gasteiger partial charge in [0.05, 0.1) is 5.69 Å². The number of hydrogen-bond acceptors (Lipinski definition) is 3. The number of aliphatic imine (C=N–C) groups is 1. The number of nitrogens with two attached hydrogens (primary N) is 1. The molecule has 2 aromatic rings. The number of amides is 1. The van der Waals surface area contributed by atoms with E-state index in [0.29, 0.717) is 5.84 Å². The maximum absolute atomic E-state index is 12.5. The molecule has 0 spiro atoms. The van der Waals surface area contributed by atoms with Gasteiger partial charge in [-0.25, -0.2) is 4.99 Å². The molecule has 0 saturated carbocycles. The summed E-state index contributed by atoms with van der Waals surface area (Å²) in [5.41, 5.74) is 10.9. The number of nitrogens with zero attached hydrogens (tertiary/aromatic N) is 2. The molecule has 4 rings (SSSR count). The van der Waals surface area contributed by atoms with Gasteiger partial charge >= 0.3 is 0 Å². The van der Waals surface area contributed by atoms with Crippen LogP contribution in [0.4, 0.5) is 5.69 Å². The fraction of sp³-hybridized carbons (Fsp3) is 0.273. The number of carbonyl (C=O) groups excluding carboxylic acids is 1. The van der Waals surface area contributed by atoms with Crippen molar-refractivity contribution in [2.45, 2.75) is 19.8 Å². The monoisotopic (exact) mass is 345 g/mol. The van der Waals surface area contributed by atoms with Gasteiger partial charge in [0.25, 0.3) is 5.91 Å². The molecule has 2 heterocycles. The van der Waals surface area contributed by atoms with Crippen LogP contribution in [0.2, 0.25) is 0 Å². The molecule has 2 aliphatic heterocycles. The Kier molecular flexibility index (Phi) is 4.33. The second-order valence-corrected chi connectivity index (χ2v) is 7.03. The van der Waals surface area contributed by atoms with Crippen molar-refractivity contribution in [3.63, 3.8) is 0 Å². The molecule has 0 radical (unpaired) electrons. The maximum atomic E-state index is 12.5. The minimum absolute atomic E-state index is 0.137. The van der Waals surface area contributed by atoms with E-state index in [1.807, 2.05) is 42.2 Å². The first kappa shape index (κ1) is 16.6. The molecule has 4 nitrogen and oxygen atoms in total. The highest BCUT2D eigenvalue weighted by Crippen LogP contribution is 2.30. The smallest absolute Gasteiger partial charge is 0.253 e. The van der Waals surface area contributed by atoms with Gasteiger partial charge in [-0.1, -0.05) is 37.3 Å². The minimum atomic E-state index is 0.137. The lowest BCUT2D eigenvalue weighted by atomic mass is 10.00. The van der Waals surface area contributed by atoms with Gasteiger partial charge in [-0.2, -0.15) is 0 Å². The molecule has 2 aromatic carbocycles. The average molecular weight is 345 g/mol. The first-order valence-corrected chi connectivity index (χ1v) is 9.18. The van der Waals surface area contributed by atoms with Crippen LogP contribution >= 0.6 is 0 Å². The van der Waals surface area contributed by atoms with Gasteiger partial charge < -0.3 is 10.6 Å². The zero-order valence-electron chi connectivity index (χ0n) is 15.0. The largest absolute Gasteiger partial charge is 0.387 e. The fourth-order valence-electron chi connectivity index (χ4n) is 3.46. The standard InChI is InChI=1S/C22H23N3O/c1-15-4-5-19-14-18(10-11-20(19)24-21(15)23)16-6-8-17(9-7-16)22(26)25-12-2-3-13-25/h4-11,14-15H,2-3,12-13H2,1H3,(H2,23,24). The average Bonchev–Trinajstić information content (AvgIpc) is 3.16. The molecule has 0 bridgehead atoms. The van der Waals surface area contributed by atoms with Crippen LogP contribution in [0.5, 0.6) is 0 Å². The lowest BCUT2D eigenvalue weighted by Crippen LogP contribution is -2.27. The van der Waals surface area contributed by atoms with E-state index in [2.05, 4.69) is 29.3 Å². The zero-order valence-corrected chi connectivity index (χ0v) is 15.0. The molecule has 1 unspecified atom stereocenters. The highest BCUT2D eigenvalue weighted by atomic mass is 16.2. The van der Waals surface area contributed by atoms with Crippen LogP contribution in [0.1, 0.15) is 35.7 Å². The topological polar surface area (TPSA) is 58.7 Å². The molecule has 0 aliphatic carbocycles. The summed E-state index contributed by atoms with van der Waals surface area (Å²) in [5.74, 6) is 0.914. The predicted octanol–water partition coefficient (Wildman–Crippen LogP) is 4.24. The number of hydrogen-bond donors (Lipinski definition) is 1. The third-order valence-corrected chi connectivity index (χ3v) is 5.17. The van der Waals surface area contributed by atoms with Crippen LogP contribution < -0.4 is 5.73 Å². The van der Waals surface area contributed by atoms with Crippen LogP contribution in [0, 0.1) is 5.92 Å². The van der Waals surface area contributed by atoms with Crippen molar-refractivity contribution in [3.8, 4) is 11.1 Å². The number of rotatable bonds is 2. The van der Waals surface area contributed by atoms with Crippen molar-refractivity contribution >= 4 is 23.5 Å². The Labute approximate surface area is 154 Å². The van der Waals surface area contributed by atoms with Crippen molar-refractivity contribution in [2.75, 3.05) is 13.1 Å². The Morgan fingerprint density at radius 1 is 1.08 bits per heavy atom. The Morgan fingerprint density at radius 2 is 1.77 bits per heavy atom. The number of likely N-dealkylation sites (tertiary alicyclic amines) is 1. The van der Waals surface area contributed by atoms with Crippen LogP contribution in [0.3, 0.4) is 0 Å². The summed E-state index contributed by atoms with van der Waals surface area (Å²) in [6.07, 6.45) is 6.38. The summed E-state index contributed by atoms with van der Waals surface area (Å²) in [7, 11) is 0. The summed E-state index contributed by atoms with van der Waals surface area (Å²) in [6, 6.07) is 14.1. The van der Waals surface area contributed by atoms with Crippen molar-refractivity contribution in [2.24, 2.45) is 16.6 Å². The lowest BCUT2D eigenvalue weighted by Gasteiger charge is -2.15.